The van der Waals surface area contributed by atoms with E-state index in [4.69, 9.17) is 4.74 Å². The predicted molar refractivity (Wildman–Crippen MR) is 114 cm³/mol. The smallest absolute Gasteiger partial charge is 0.253 e. The van der Waals surface area contributed by atoms with Crippen LogP contribution >= 0.6 is 0 Å². The van der Waals surface area contributed by atoms with Crippen molar-refractivity contribution >= 4 is 11.8 Å². The number of rotatable bonds is 7. The van der Waals surface area contributed by atoms with Gasteiger partial charge in [0.15, 0.2) is 0 Å². The van der Waals surface area contributed by atoms with Gasteiger partial charge in [0.05, 0.1) is 13.0 Å². The maximum Gasteiger partial charge on any atom is 0.253 e. The summed E-state index contributed by atoms with van der Waals surface area (Å²) in [5.41, 5.74) is 1.62. The minimum atomic E-state index is -0.300. The zero-order valence-electron chi connectivity index (χ0n) is 17.4. The molecule has 1 aliphatic heterocycles. The number of carbonyl (C=O) groups is 2. The number of hydrogen-bond acceptors (Lipinski definition) is 3. The summed E-state index contributed by atoms with van der Waals surface area (Å²) >= 11 is 0. The number of carbonyl (C=O) groups excluding carboxylic acids is 2. The van der Waals surface area contributed by atoms with E-state index >= 15 is 0 Å². The Bertz CT molecular complexity index is 835. The SMILES string of the molecule is COc1ccccc1C1CN(C(=O)c2ccccc2)CC1C(=O)NCCC(C)C. The van der Waals surface area contributed by atoms with Crippen LogP contribution in [-0.2, 0) is 4.79 Å². The first kappa shape index (κ1) is 20.9. The van der Waals surface area contributed by atoms with Crippen molar-refractivity contribution in [3.63, 3.8) is 0 Å². The standard InChI is InChI=1S/C24H30N2O3/c1-17(2)13-14-25-23(27)21-16-26(24(28)18-9-5-4-6-10-18)15-20(21)19-11-7-8-12-22(19)29-3/h4-12,17,20-21H,13-16H2,1-3H3,(H,25,27). The number of ether oxygens (including phenoxy) is 1. The van der Waals surface area contributed by atoms with Crippen molar-refractivity contribution in [1.82, 2.24) is 10.2 Å². The van der Waals surface area contributed by atoms with E-state index < -0.39 is 0 Å². The molecule has 0 spiro atoms. The van der Waals surface area contributed by atoms with Gasteiger partial charge in [0.1, 0.15) is 5.75 Å². The Morgan fingerprint density at radius 3 is 2.45 bits per heavy atom. The Labute approximate surface area is 173 Å². The van der Waals surface area contributed by atoms with Crippen molar-refractivity contribution < 1.29 is 14.3 Å². The number of nitrogens with zero attached hydrogens (tertiary/aromatic N) is 1. The minimum Gasteiger partial charge on any atom is -0.496 e. The zero-order chi connectivity index (χ0) is 20.8. The highest BCUT2D eigenvalue weighted by atomic mass is 16.5. The first-order valence-corrected chi connectivity index (χ1v) is 10.3. The van der Waals surface area contributed by atoms with E-state index in [0.717, 1.165) is 17.7 Å². The average Bonchev–Trinajstić information content (AvgIpc) is 3.18. The molecule has 2 atom stereocenters. The van der Waals surface area contributed by atoms with Crippen LogP contribution in [0, 0.1) is 11.8 Å². The van der Waals surface area contributed by atoms with Crippen LogP contribution in [0.4, 0.5) is 0 Å². The fourth-order valence-electron chi connectivity index (χ4n) is 3.90. The Morgan fingerprint density at radius 2 is 1.76 bits per heavy atom. The summed E-state index contributed by atoms with van der Waals surface area (Å²) in [6.07, 6.45) is 0.935. The van der Waals surface area contributed by atoms with Crippen LogP contribution in [0.2, 0.25) is 0 Å². The van der Waals surface area contributed by atoms with Crippen molar-refractivity contribution in [2.24, 2.45) is 11.8 Å². The van der Waals surface area contributed by atoms with Gasteiger partial charge in [-0.05, 0) is 36.1 Å². The molecule has 29 heavy (non-hydrogen) atoms. The van der Waals surface area contributed by atoms with Gasteiger partial charge in [-0.3, -0.25) is 9.59 Å². The molecule has 1 heterocycles. The molecule has 1 fully saturated rings. The quantitative estimate of drug-likeness (QED) is 0.779. The lowest BCUT2D eigenvalue weighted by Crippen LogP contribution is -2.36. The lowest BCUT2D eigenvalue weighted by atomic mass is 9.87. The van der Waals surface area contributed by atoms with Gasteiger partial charge in [-0.25, -0.2) is 0 Å². The number of para-hydroxylation sites is 1. The second-order valence-corrected chi connectivity index (χ2v) is 8.00. The summed E-state index contributed by atoms with van der Waals surface area (Å²) in [6.45, 7) is 5.83. The zero-order valence-corrected chi connectivity index (χ0v) is 17.4. The topological polar surface area (TPSA) is 58.6 Å². The van der Waals surface area contributed by atoms with Gasteiger partial charge in [-0.1, -0.05) is 50.2 Å². The molecular weight excluding hydrogens is 364 g/mol. The molecule has 2 aromatic carbocycles. The minimum absolute atomic E-state index is 0.00455. The molecule has 0 aliphatic carbocycles. The molecule has 0 aromatic heterocycles. The van der Waals surface area contributed by atoms with Crippen LogP contribution in [0.5, 0.6) is 5.75 Å². The third-order valence-corrected chi connectivity index (χ3v) is 5.52. The first-order valence-electron chi connectivity index (χ1n) is 10.3. The van der Waals surface area contributed by atoms with Crippen molar-refractivity contribution in [3.8, 4) is 5.75 Å². The molecule has 3 rings (SSSR count). The third-order valence-electron chi connectivity index (χ3n) is 5.52. The summed E-state index contributed by atoms with van der Waals surface area (Å²) in [6, 6.07) is 17.0. The number of benzene rings is 2. The summed E-state index contributed by atoms with van der Waals surface area (Å²) in [5.74, 6) is 0.850. The molecule has 5 heteroatoms. The van der Waals surface area contributed by atoms with E-state index in [1.54, 1.807) is 12.0 Å². The molecule has 154 valence electrons. The fourth-order valence-corrected chi connectivity index (χ4v) is 3.90. The molecular formula is C24H30N2O3. The van der Waals surface area contributed by atoms with Gasteiger partial charge < -0.3 is 15.0 Å². The molecule has 5 nitrogen and oxygen atoms in total. The summed E-state index contributed by atoms with van der Waals surface area (Å²) < 4.78 is 5.54. The summed E-state index contributed by atoms with van der Waals surface area (Å²) in [4.78, 5) is 27.8. The second kappa shape index (κ2) is 9.59. The Hall–Kier alpha value is -2.82. The van der Waals surface area contributed by atoms with Crippen LogP contribution in [0.1, 0.15) is 42.1 Å². The summed E-state index contributed by atoms with van der Waals surface area (Å²) in [7, 11) is 1.64. The van der Waals surface area contributed by atoms with E-state index in [1.165, 1.54) is 0 Å². The molecule has 0 bridgehead atoms. The van der Waals surface area contributed by atoms with Crippen molar-refractivity contribution in [2.75, 3.05) is 26.7 Å². The molecule has 2 aromatic rings. The molecule has 1 saturated heterocycles. The largest absolute Gasteiger partial charge is 0.496 e. The number of amides is 2. The maximum absolute atomic E-state index is 13.0. The maximum atomic E-state index is 13.0. The van der Waals surface area contributed by atoms with Crippen LogP contribution in [0.15, 0.2) is 54.6 Å². The van der Waals surface area contributed by atoms with Gasteiger partial charge in [-0.2, -0.15) is 0 Å². The highest BCUT2D eigenvalue weighted by Crippen LogP contribution is 2.38. The predicted octanol–water partition coefficient (Wildman–Crippen LogP) is 3.71. The van der Waals surface area contributed by atoms with Gasteiger partial charge in [-0.15, -0.1) is 0 Å². The molecule has 0 radical (unpaired) electrons. The first-order chi connectivity index (χ1) is 14.0. The van der Waals surface area contributed by atoms with E-state index in [9.17, 15) is 9.59 Å². The lowest BCUT2D eigenvalue weighted by Gasteiger charge is -2.20. The molecule has 0 saturated carbocycles. The second-order valence-electron chi connectivity index (χ2n) is 8.00. The van der Waals surface area contributed by atoms with Gasteiger partial charge in [0.2, 0.25) is 5.91 Å². The number of hydrogen-bond donors (Lipinski definition) is 1. The Morgan fingerprint density at radius 1 is 1.07 bits per heavy atom. The van der Waals surface area contributed by atoms with E-state index in [-0.39, 0.29) is 23.7 Å². The van der Waals surface area contributed by atoms with Crippen LogP contribution in [0.3, 0.4) is 0 Å². The van der Waals surface area contributed by atoms with Crippen molar-refractivity contribution in [1.29, 1.82) is 0 Å². The number of methoxy groups -OCH3 is 1. The van der Waals surface area contributed by atoms with Gasteiger partial charge in [0.25, 0.3) is 5.91 Å². The normalized spacial score (nSPS) is 18.7. The molecule has 1 aliphatic rings. The van der Waals surface area contributed by atoms with Crippen LogP contribution in [-0.4, -0.2) is 43.5 Å². The van der Waals surface area contributed by atoms with E-state index in [0.29, 0.717) is 31.1 Å². The van der Waals surface area contributed by atoms with Gasteiger partial charge >= 0.3 is 0 Å². The van der Waals surface area contributed by atoms with Gasteiger partial charge in [0, 0.05) is 31.1 Å². The Balaban J connectivity index is 1.84. The van der Waals surface area contributed by atoms with Crippen LogP contribution in [0.25, 0.3) is 0 Å². The monoisotopic (exact) mass is 394 g/mol. The third kappa shape index (κ3) is 4.97. The van der Waals surface area contributed by atoms with Crippen molar-refractivity contribution in [2.45, 2.75) is 26.2 Å². The highest BCUT2D eigenvalue weighted by Gasteiger charge is 2.41. The highest BCUT2D eigenvalue weighted by molar-refractivity contribution is 5.95. The van der Waals surface area contributed by atoms with E-state index in [2.05, 4.69) is 19.2 Å². The Kier molecular flexibility index (Phi) is 6.91. The number of likely N-dealkylation sites (tertiary alicyclic amines) is 1. The van der Waals surface area contributed by atoms with Crippen molar-refractivity contribution in [3.05, 3.63) is 65.7 Å². The number of nitrogens with one attached hydrogen (secondary N) is 1. The van der Waals surface area contributed by atoms with Crippen LogP contribution < -0.4 is 10.1 Å². The van der Waals surface area contributed by atoms with E-state index in [1.807, 2.05) is 54.6 Å². The average molecular weight is 395 g/mol. The molecule has 2 unspecified atom stereocenters. The fraction of sp³-hybridized carbons (Fsp3) is 0.417. The lowest BCUT2D eigenvalue weighted by molar-refractivity contribution is -0.124. The molecule has 1 N–H and O–H groups in total. The molecule has 2 amide bonds. The summed E-state index contributed by atoms with van der Waals surface area (Å²) in [5, 5.41) is 3.07.